The number of nitrogens with one attached hydrogen (secondary N) is 1. The highest BCUT2D eigenvalue weighted by Crippen LogP contribution is 2.15. The van der Waals surface area contributed by atoms with Gasteiger partial charge in [0.2, 0.25) is 5.91 Å². The summed E-state index contributed by atoms with van der Waals surface area (Å²) in [5.74, 6) is 1.34. The van der Waals surface area contributed by atoms with E-state index in [1.807, 2.05) is 48.9 Å². The van der Waals surface area contributed by atoms with Gasteiger partial charge in [-0.2, -0.15) is 5.10 Å². The summed E-state index contributed by atoms with van der Waals surface area (Å²) in [7, 11) is 0. The van der Waals surface area contributed by atoms with Crippen LogP contribution in [0.4, 0.5) is 0 Å². The Morgan fingerprint density at radius 2 is 1.96 bits per heavy atom. The standard InChI is InChI=1S/C19H27N3O2/c1-14(2)13-22-16(4)18(15(3)21-22)12-19(23)20-10-11-24-17-8-6-5-7-9-17/h5-9,14H,10-13H2,1-4H3,(H,20,23). The molecule has 0 unspecified atom stereocenters. The van der Waals surface area contributed by atoms with Crippen LogP contribution < -0.4 is 10.1 Å². The third kappa shape index (κ3) is 5.11. The number of ether oxygens (including phenoxy) is 1. The average Bonchev–Trinajstić information content (AvgIpc) is 2.79. The van der Waals surface area contributed by atoms with Gasteiger partial charge in [0.25, 0.3) is 0 Å². The summed E-state index contributed by atoms with van der Waals surface area (Å²) in [5, 5.41) is 7.46. The Morgan fingerprint density at radius 1 is 1.25 bits per heavy atom. The van der Waals surface area contributed by atoms with Crippen molar-refractivity contribution in [3.63, 3.8) is 0 Å². The highest BCUT2D eigenvalue weighted by atomic mass is 16.5. The molecular formula is C19H27N3O2. The van der Waals surface area contributed by atoms with Crippen molar-refractivity contribution in [3.8, 4) is 5.75 Å². The summed E-state index contributed by atoms with van der Waals surface area (Å²) >= 11 is 0. The van der Waals surface area contributed by atoms with Crippen molar-refractivity contribution in [1.82, 2.24) is 15.1 Å². The van der Waals surface area contributed by atoms with Crippen molar-refractivity contribution < 1.29 is 9.53 Å². The van der Waals surface area contributed by atoms with Crippen LogP contribution in [0.1, 0.15) is 30.8 Å². The molecule has 5 nitrogen and oxygen atoms in total. The van der Waals surface area contributed by atoms with Gasteiger partial charge in [0.05, 0.1) is 18.7 Å². The highest BCUT2D eigenvalue weighted by Gasteiger charge is 2.15. The third-order valence-corrected chi connectivity index (χ3v) is 3.84. The minimum Gasteiger partial charge on any atom is -0.492 e. The van der Waals surface area contributed by atoms with Gasteiger partial charge in [-0.3, -0.25) is 9.48 Å². The molecule has 2 aromatic rings. The van der Waals surface area contributed by atoms with E-state index in [0.29, 0.717) is 25.5 Å². The number of benzene rings is 1. The van der Waals surface area contributed by atoms with E-state index in [-0.39, 0.29) is 5.91 Å². The molecule has 0 aliphatic carbocycles. The molecule has 130 valence electrons. The molecular weight excluding hydrogens is 302 g/mol. The third-order valence-electron chi connectivity index (χ3n) is 3.84. The number of hydrogen-bond acceptors (Lipinski definition) is 3. The van der Waals surface area contributed by atoms with Crippen LogP contribution in [0.15, 0.2) is 30.3 Å². The Balaban J connectivity index is 1.81. The molecule has 0 aliphatic heterocycles. The monoisotopic (exact) mass is 329 g/mol. The Bertz CT molecular complexity index is 663. The number of para-hydroxylation sites is 1. The minimum atomic E-state index is 0.00181. The number of nitrogens with zero attached hydrogens (tertiary/aromatic N) is 2. The number of carbonyl (C=O) groups excluding carboxylic acids is 1. The summed E-state index contributed by atoms with van der Waals surface area (Å²) in [6, 6.07) is 9.59. The number of hydrogen-bond donors (Lipinski definition) is 1. The zero-order valence-electron chi connectivity index (χ0n) is 15.0. The van der Waals surface area contributed by atoms with Gasteiger partial charge in [0, 0.05) is 17.8 Å². The van der Waals surface area contributed by atoms with E-state index in [1.165, 1.54) is 0 Å². The van der Waals surface area contributed by atoms with Crippen molar-refractivity contribution in [1.29, 1.82) is 0 Å². The first kappa shape index (κ1) is 18.0. The van der Waals surface area contributed by atoms with Gasteiger partial charge in [-0.1, -0.05) is 32.0 Å². The van der Waals surface area contributed by atoms with Crippen molar-refractivity contribution in [2.45, 2.75) is 40.7 Å². The fraction of sp³-hybridized carbons (Fsp3) is 0.474. The maximum atomic E-state index is 12.2. The van der Waals surface area contributed by atoms with Crippen LogP contribution >= 0.6 is 0 Å². The molecule has 24 heavy (non-hydrogen) atoms. The molecule has 0 bridgehead atoms. The first-order valence-electron chi connectivity index (χ1n) is 8.44. The van der Waals surface area contributed by atoms with E-state index < -0.39 is 0 Å². The maximum Gasteiger partial charge on any atom is 0.224 e. The molecule has 1 aromatic heterocycles. The lowest BCUT2D eigenvalue weighted by Crippen LogP contribution is -2.29. The molecule has 1 N–H and O–H groups in total. The summed E-state index contributed by atoms with van der Waals surface area (Å²) in [6.07, 6.45) is 0.362. The van der Waals surface area contributed by atoms with Crippen LogP contribution in [-0.4, -0.2) is 28.8 Å². The van der Waals surface area contributed by atoms with Gasteiger partial charge < -0.3 is 10.1 Å². The van der Waals surface area contributed by atoms with Crippen molar-refractivity contribution in [2.75, 3.05) is 13.2 Å². The van der Waals surface area contributed by atoms with Crippen LogP contribution in [-0.2, 0) is 17.8 Å². The van der Waals surface area contributed by atoms with E-state index in [1.54, 1.807) is 0 Å². The second kappa shape index (κ2) is 8.52. The Morgan fingerprint density at radius 3 is 2.62 bits per heavy atom. The van der Waals surface area contributed by atoms with Gasteiger partial charge in [-0.15, -0.1) is 0 Å². The fourth-order valence-corrected chi connectivity index (χ4v) is 2.61. The largest absolute Gasteiger partial charge is 0.492 e. The number of aromatic nitrogens is 2. The second-order valence-corrected chi connectivity index (χ2v) is 6.41. The second-order valence-electron chi connectivity index (χ2n) is 6.41. The zero-order valence-corrected chi connectivity index (χ0v) is 15.0. The molecule has 5 heteroatoms. The molecule has 0 saturated heterocycles. The van der Waals surface area contributed by atoms with E-state index >= 15 is 0 Å². The SMILES string of the molecule is Cc1nn(CC(C)C)c(C)c1CC(=O)NCCOc1ccccc1. The summed E-state index contributed by atoms with van der Waals surface area (Å²) in [5.41, 5.74) is 3.04. The fourth-order valence-electron chi connectivity index (χ4n) is 2.61. The average molecular weight is 329 g/mol. The van der Waals surface area contributed by atoms with Crippen LogP contribution in [0.25, 0.3) is 0 Å². The van der Waals surface area contributed by atoms with E-state index in [2.05, 4.69) is 24.3 Å². The molecule has 2 rings (SSSR count). The van der Waals surface area contributed by atoms with Crippen LogP contribution in [0.5, 0.6) is 5.75 Å². The normalized spacial score (nSPS) is 10.9. The lowest BCUT2D eigenvalue weighted by Gasteiger charge is -2.09. The molecule has 1 aromatic carbocycles. The lowest BCUT2D eigenvalue weighted by molar-refractivity contribution is -0.120. The van der Waals surface area contributed by atoms with E-state index in [9.17, 15) is 4.79 Å². The van der Waals surface area contributed by atoms with Crippen LogP contribution in [0.2, 0.25) is 0 Å². The molecule has 1 heterocycles. The first-order chi connectivity index (χ1) is 11.5. The molecule has 1 amide bonds. The van der Waals surface area contributed by atoms with Crippen LogP contribution in [0, 0.1) is 19.8 Å². The summed E-state index contributed by atoms with van der Waals surface area (Å²) in [4.78, 5) is 12.2. The van der Waals surface area contributed by atoms with Gasteiger partial charge >= 0.3 is 0 Å². The number of amides is 1. The highest BCUT2D eigenvalue weighted by molar-refractivity contribution is 5.79. The van der Waals surface area contributed by atoms with Crippen molar-refractivity contribution in [3.05, 3.63) is 47.3 Å². The van der Waals surface area contributed by atoms with Gasteiger partial charge in [0.1, 0.15) is 12.4 Å². The lowest BCUT2D eigenvalue weighted by atomic mass is 10.1. The quantitative estimate of drug-likeness (QED) is 0.758. The maximum absolute atomic E-state index is 12.2. The molecule has 0 aliphatic rings. The van der Waals surface area contributed by atoms with Crippen molar-refractivity contribution >= 4 is 5.91 Å². The van der Waals surface area contributed by atoms with Gasteiger partial charge in [-0.25, -0.2) is 0 Å². The molecule has 0 spiro atoms. The number of aryl methyl sites for hydroxylation is 1. The summed E-state index contributed by atoms with van der Waals surface area (Å²) < 4.78 is 7.57. The van der Waals surface area contributed by atoms with E-state index in [0.717, 1.165) is 29.2 Å². The minimum absolute atomic E-state index is 0.00181. The smallest absolute Gasteiger partial charge is 0.224 e. The van der Waals surface area contributed by atoms with Gasteiger partial charge in [0.15, 0.2) is 0 Å². The van der Waals surface area contributed by atoms with Crippen molar-refractivity contribution in [2.24, 2.45) is 5.92 Å². The molecule has 0 saturated carbocycles. The zero-order chi connectivity index (χ0) is 17.5. The summed E-state index contributed by atoms with van der Waals surface area (Å²) in [6.45, 7) is 10.1. The Kier molecular flexibility index (Phi) is 6.41. The van der Waals surface area contributed by atoms with Gasteiger partial charge in [-0.05, 0) is 31.9 Å². The Labute approximate surface area is 144 Å². The predicted molar refractivity (Wildman–Crippen MR) is 95.2 cm³/mol. The molecule has 0 radical (unpaired) electrons. The predicted octanol–water partition coefficient (Wildman–Crippen LogP) is 2.89. The Hall–Kier alpha value is -2.30. The van der Waals surface area contributed by atoms with E-state index in [4.69, 9.17) is 4.74 Å². The number of rotatable bonds is 8. The molecule has 0 atom stereocenters. The molecule has 0 fully saturated rings. The van der Waals surface area contributed by atoms with Crippen LogP contribution in [0.3, 0.4) is 0 Å². The topological polar surface area (TPSA) is 56.2 Å². The first-order valence-corrected chi connectivity index (χ1v) is 8.44. The number of carbonyl (C=O) groups is 1.